The summed E-state index contributed by atoms with van der Waals surface area (Å²) in [5, 5.41) is 12.3. The van der Waals surface area contributed by atoms with Gasteiger partial charge in [0.15, 0.2) is 0 Å². The van der Waals surface area contributed by atoms with Gasteiger partial charge in [-0.05, 0) is 37.8 Å². The van der Waals surface area contributed by atoms with Crippen LogP contribution in [-0.2, 0) is 9.59 Å². The number of hydrogen-bond donors (Lipinski definition) is 2. The Bertz CT molecular complexity index is 527. The normalized spacial score (nSPS) is 23.3. The van der Waals surface area contributed by atoms with Crippen LogP contribution in [0.15, 0.2) is 24.3 Å². The summed E-state index contributed by atoms with van der Waals surface area (Å²) >= 11 is 0. The molecule has 1 aliphatic carbocycles. The molecule has 3 atom stereocenters. The van der Waals surface area contributed by atoms with Gasteiger partial charge in [-0.2, -0.15) is 0 Å². The van der Waals surface area contributed by atoms with Crippen LogP contribution in [0.2, 0.25) is 0 Å². The van der Waals surface area contributed by atoms with E-state index in [4.69, 9.17) is 0 Å². The van der Waals surface area contributed by atoms with Crippen LogP contribution in [0.1, 0.15) is 49.8 Å². The van der Waals surface area contributed by atoms with Gasteiger partial charge in [-0.1, -0.05) is 37.1 Å². The highest BCUT2D eigenvalue weighted by Gasteiger charge is 2.36. The number of hydrogen-bond acceptors (Lipinski definition) is 2. The van der Waals surface area contributed by atoms with E-state index < -0.39 is 17.8 Å². The lowest BCUT2D eigenvalue weighted by molar-refractivity contribution is -0.149. The van der Waals surface area contributed by atoms with Crippen LogP contribution in [0.5, 0.6) is 0 Å². The van der Waals surface area contributed by atoms with Gasteiger partial charge in [-0.15, -0.1) is 0 Å². The van der Waals surface area contributed by atoms with Gasteiger partial charge in [-0.25, -0.2) is 0 Å². The maximum Gasteiger partial charge on any atom is 0.307 e. The third-order valence-corrected chi connectivity index (χ3v) is 4.43. The summed E-state index contributed by atoms with van der Waals surface area (Å²) in [5.74, 6) is -1.92. The molecule has 0 saturated heterocycles. The number of carboxylic acid groups (broad SMARTS) is 1. The van der Waals surface area contributed by atoms with Crippen molar-refractivity contribution in [3.63, 3.8) is 0 Å². The summed E-state index contributed by atoms with van der Waals surface area (Å²) in [6.07, 6.45) is 3.10. The Hall–Kier alpha value is -1.84. The second kappa shape index (κ2) is 6.74. The molecule has 114 valence electrons. The Balaban J connectivity index is 2.06. The lowest BCUT2D eigenvalue weighted by Gasteiger charge is -2.29. The Kier molecular flexibility index (Phi) is 4.99. The average molecular weight is 289 g/mol. The molecule has 0 heterocycles. The quantitative estimate of drug-likeness (QED) is 0.895. The van der Waals surface area contributed by atoms with E-state index >= 15 is 0 Å². The summed E-state index contributed by atoms with van der Waals surface area (Å²) in [4.78, 5) is 23.7. The molecule has 21 heavy (non-hydrogen) atoms. The van der Waals surface area contributed by atoms with Crippen molar-refractivity contribution in [1.29, 1.82) is 0 Å². The monoisotopic (exact) mass is 289 g/mol. The molecule has 0 aliphatic heterocycles. The molecule has 0 bridgehead atoms. The third-order valence-electron chi connectivity index (χ3n) is 4.43. The van der Waals surface area contributed by atoms with Gasteiger partial charge in [0.1, 0.15) is 0 Å². The minimum Gasteiger partial charge on any atom is -0.481 e. The van der Waals surface area contributed by atoms with Crippen molar-refractivity contribution < 1.29 is 14.7 Å². The van der Waals surface area contributed by atoms with Gasteiger partial charge in [0, 0.05) is 0 Å². The zero-order chi connectivity index (χ0) is 15.4. The summed E-state index contributed by atoms with van der Waals surface area (Å²) in [5.41, 5.74) is 2.21. The second-order valence-electron chi connectivity index (χ2n) is 5.92. The van der Waals surface area contributed by atoms with Crippen molar-refractivity contribution in [1.82, 2.24) is 5.32 Å². The molecule has 1 aromatic carbocycles. The van der Waals surface area contributed by atoms with Crippen molar-refractivity contribution in [2.24, 2.45) is 11.8 Å². The molecule has 1 saturated carbocycles. The highest BCUT2D eigenvalue weighted by Crippen LogP contribution is 2.31. The van der Waals surface area contributed by atoms with Crippen molar-refractivity contribution in [2.75, 3.05) is 0 Å². The standard InChI is InChI=1S/C17H23NO3/c1-11-7-3-4-8-13(11)12(2)18-16(19)14-9-5-6-10-15(14)17(20)21/h3-4,7-8,12,14-15H,5-6,9-10H2,1-2H3,(H,18,19)(H,20,21)/t12-,14+,15-/m0/s1. The van der Waals surface area contributed by atoms with E-state index in [1.807, 2.05) is 38.1 Å². The molecular weight excluding hydrogens is 266 g/mol. The van der Waals surface area contributed by atoms with Gasteiger partial charge in [0.2, 0.25) is 5.91 Å². The van der Waals surface area contributed by atoms with Gasteiger partial charge in [0.25, 0.3) is 0 Å². The minimum absolute atomic E-state index is 0.102. The predicted octanol–water partition coefficient (Wildman–Crippen LogP) is 3.06. The van der Waals surface area contributed by atoms with E-state index in [-0.39, 0.29) is 11.9 Å². The molecule has 4 nitrogen and oxygen atoms in total. The molecule has 0 spiro atoms. The number of aryl methyl sites for hydroxylation is 1. The van der Waals surface area contributed by atoms with E-state index in [1.54, 1.807) is 0 Å². The summed E-state index contributed by atoms with van der Waals surface area (Å²) < 4.78 is 0. The van der Waals surface area contributed by atoms with Crippen LogP contribution < -0.4 is 5.32 Å². The summed E-state index contributed by atoms with van der Waals surface area (Å²) in [6.45, 7) is 3.96. The van der Waals surface area contributed by atoms with Crippen LogP contribution >= 0.6 is 0 Å². The zero-order valence-electron chi connectivity index (χ0n) is 12.6. The van der Waals surface area contributed by atoms with Crippen LogP contribution in [0, 0.1) is 18.8 Å². The summed E-state index contributed by atoms with van der Waals surface area (Å²) in [7, 11) is 0. The fourth-order valence-electron chi connectivity index (χ4n) is 3.21. The molecule has 4 heteroatoms. The first-order chi connectivity index (χ1) is 10.0. The predicted molar refractivity (Wildman–Crippen MR) is 80.8 cm³/mol. The molecule has 1 fully saturated rings. The molecule has 0 aromatic heterocycles. The first-order valence-corrected chi connectivity index (χ1v) is 7.59. The number of carboxylic acids is 1. The van der Waals surface area contributed by atoms with Crippen molar-refractivity contribution >= 4 is 11.9 Å². The zero-order valence-corrected chi connectivity index (χ0v) is 12.6. The number of amides is 1. The van der Waals surface area contributed by atoms with Crippen LogP contribution in [0.3, 0.4) is 0 Å². The molecule has 1 aliphatic rings. The number of rotatable bonds is 4. The lowest BCUT2D eigenvalue weighted by Crippen LogP contribution is -2.40. The van der Waals surface area contributed by atoms with Crippen molar-refractivity contribution in [3.05, 3.63) is 35.4 Å². The highest BCUT2D eigenvalue weighted by molar-refractivity contribution is 5.85. The molecule has 2 N–H and O–H groups in total. The molecule has 2 rings (SSSR count). The first kappa shape index (κ1) is 15.5. The number of carbonyl (C=O) groups is 2. The molecule has 1 amide bonds. The highest BCUT2D eigenvalue weighted by atomic mass is 16.4. The minimum atomic E-state index is -0.849. The molecule has 0 unspecified atom stereocenters. The van der Waals surface area contributed by atoms with E-state index in [0.29, 0.717) is 12.8 Å². The van der Waals surface area contributed by atoms with Crippen LogP contribution in [-0.4, -0.2) is 17.0 Å². The summed E-state index contributed by atoms with van der Waals surface area (Å²) in [6, 6.07) is 7.82. The first-order valence-electron chi connectivity index (χ1n) is 7.59. The number of aliphatic carboxylic acids is 1. The number of benzene rings is 1. The van der Waals surface area contributed by atoms with E-state index in [9.17, 15) is 14.7 Å². The van der Waals surface area contributed by atoms with Crippen LogP contribution in [0.25, 0.3) is 0 Å². The topological polar surface area (TPSA) is 66.4 Å². The Morgan fingerprint density at radius 1 is 1.19 bits per heavy atom. The van der Waals surface area contributed by atoms with Crippen LogP contribution in [0.4, 0.5) is 0 Å². The van der Waals surface area contributed by atoms with Gasteiger partial charge in [-0.3, -0.25) is 9.59 Å². The Morgan fingerprint density at radius 3 is 2.43 bits per heavy atom. The van der Waals surface area contributed by atoms with E-state index in [2.05, 4.69) is 5.32 Å². The maximum atomic E-state index is 12.4. The number of nitrogens with one attached hydrogen (secondary N) is 1. The second-order valence-corrected chi connectivity index (χ2v) is 5.92. The average Bonchev–Trinajstić information content (AvgIpc) is 2.47. The van der Waals surface area contributed by atoms with Gasteiger partial charge < -0.3 is 10.4 Å². The Labute approximate surface area is 125 Å². The SMILES string of the molecule is Cc1ccccc1[C@H](C)NC(=O)[C@@H]1CCCC[C@@H]1C(=O)O. The fourth-order valence-corrected chi connectivity index (χ4v) is 3.21. The van der Waals surface area contributed by atoms with Crippen molar-refractivity contribution in [2.45, 2.75) is 45.6 Å². The van der Waals surface area contributed by atoms with E-state index in [0.717, 1.165) is 24.0 Å². The smallest absolute Gasteiger partial charge is 0.307 e. The van der Waals surface area contributed by atoms with Gasteiger partial charge >= 0.3 is 5.97 Å². The Morgan fingerprint density at radius 2 is 1.81 bits per heavy atom. The lowest BCUT2D eigenvalue weighted by atomic mass is 9.78. The van der Waals surface area contributed by atoms with E-state index in [1.165, 1.54) is 0 Å². The largest absolute Gasteiger partial charge is 0.481 e. The number of carbonyl (C=O) groups excluding carboxylic acids is 1. The van der Waals surface area contributed by atoms with Gasteiger partial charge in [0.05, 0.1) is 17.9 Å². The fraction of sp³-hybridized carbons (Fsp3) is 0.529. The molecular formula is C17H23NO3. The maximum absolute atomic E-state index is 12.4. The molecule has 0 radical (unpaired) electrons. The third kappa shape index (κ3) is 3.63. The van der Waals surface area contributed by atoms with Crippen molar-refractivity contribution in [3.8, 4) is 0 Å². The molecule has 1 aromatic rings.